The first-order chi connectivity index (χ1) is 8.71. The molecule has 0 heterocycles. The number of anilines is 1. The van der Waals surface area contributed by atoms with Crippen molar-refractivity contribution in [2.75, 3.05) is 19.0 Å². The molecule has 0 saturated carbocycles. The Kier molecular flexibility index (Phi) is 6.96. The highest BCUT2D eigenvalue weighted by molar-refractivity contribution is 6.32. The van der Waals surface area contributed by atoms with E-state index >= 15 is 0 Å². The van der Waals surface area contributed by atoms with Crippen LogP contribution in [0.4, 0.5) is 5.69 Å². The topological polar surface area (TPSA) is 21.3 Å². The summed E-state index contributed by atoms with van der Waals surface area (Å²) in [6.07, 6.45) is 5.10. The molecule has 1 N–H and O–H groups in total. The number of hydrogen-bond acceptors (Lipinski definition) is 2. The summed E-state index contributed by atoms with van der Waals surface area (Å²) in [6.45, 7) is 5.51. The molecule has 0 aromatic heterocycles. The Morgan fingerprint density at radius 1 is 1.33 bits per heavy atom. The van der Waals surface area contributed by atoms with Crippen molar-refractivity contribution in [3.05, 3.63) is 23.2 Å². The molecule has 0 aliphatic heterocycles. The second-order valence-corrected chi connectivity index (χ2v) is 5.05. The van der Waals surface area contributed by atoms with Crippen LogP contribution in [0.25, 0.3) is 0 Å². The van der Waals surface area contributed by atoms with E-state index in [1.54, 1.807) is 7.11 Å². The summed E-state index contributed by atoms with van der Waals surface area (Å²) in [4.78, 5) is 0. The Morgan fingerprint density at radius 2 is 2.11 bits per heavy atom. The number of methoxy groups -OCH3 is 1. The molecule has 0 fully saturated rings. The van der Waals surface area contributed by atoms with Gasteiger partial charge in [-0.25, -0.2) is 0 Å². The molecule has 0 saturated heterocycles. The molecular formula is C15H24ClNO. The fourth-order valence-corrected chi connectivity index (χ4v) is 2.17. The first-order valence-corrected chi connectivity index (χ1v) is 7.16. The van der Waals surface area contributed by atoms with Gasteiger partial charge in [0, 0.05) is 18.3 Å². The molecule has 3 heteroatoms. The molecule has 1 aromatic rings. The van der Waals surface area contributed by atoms with Crippen LogP contribution in [0.5, 0.6) is 5.75 Å². The lowest BCUT2D eigenvalue weighted by atomic mass is 9.99. The zero-order valence-corrected chi connectivity index (χ0v) is 12.4. The van der Waals surface area contributed by atoms with E-state index in [-0.39, 0.29) is 0 Å². The van der Waals surface area contributed by atoms with E-state index < -0.39 is 0 Å². The number of benzene rings is 1. The van der Waals surface area contributed by atoms with Crippen LogP contribution in [0.1, 0.15) is 39.5 Å². The van der Waals surface area contributed by atoms with Gasteiger partial charge in [-0.15, -0.1) is 0 Å². The first kappa shape index (κ1) is 15.2. The Labute approximate surface area is 116 Å². The third-order valence-electron chi connectivity index (χ3n) is 3.29. The van der Waals surface area contributed by atoms with Crippen molar-refractivity contribution in [3.8, 4) is 5.75 Å². The zero-order valence-electron chi connectivity index (χ0n) is 11.6. The van der Waals surface area contributed by atoms with Gasteiger partial charge in [0.05, 0.1) is 12.1 Å². The quantitative estimate of drug-likeness (QED) is 0.719. The van der Waals surface area contributed by atoms with Crippen molar-refractivity contribution < 1.29 is 4.74 Å². The molecule has 0 spiro atoms. The SMILES string of the molecule is CCCCC(CC)CNc1ccc(Cl)c(OC)c1. The zero-order chi connectivity index (χ0) is 13.4. The van der Waals surface area contributed by atoms with Crippen LogP contribution in [0, 0.1) is 5.92 Å². The predicted octanol–water partition coefficient (Wildman–Crippen LogP) is 4.98. The smallest absolute Gasteiger partial charge is 0.139 e. The number of rotatable bonds is 8. The maximum Gasteiger partial charge on any atom is 0.139 e. The third kappa shape index (κ3) is 4.77. The van der Waals surface area contributed by atoms with Gasteiger partial charge >= 0.3 is 0 Å². The average Bonchev–Trinajstić information content (AvgIpc) is 2.40. The van der Waals surface area contributed by atoms with Crippen molar-refractivity contribution in [2.45, 2.75) is 39.5 Å². The Hall–Kier alpha value is -0.890. The van der Waals surface area contributed by atoms with Gasteiger partial charge in [-0.3, -0.25) is 0 Å². The lowest BCUT2D eigenvalue weighted by Gasteiger charge is -2.16. The fourth-order valence-electron chi connectivity index (χ4n) is 1.98. The van der Waals surface area contributed by atoms with Crippen molar-refractivity contribution in [2.24, 2.45) is 5.92 Å². The minimum Gasteiger partial charge on any atom is -0.495 e. The normalized spacial score (nSPS) is 12.2. The lowest BCUT2D eigenvalue weighted by Crippen LogP contribution is -2.13. The van der Waals surface area contributed by atoms with E-state index in [0.29, 0.717) is 5.02 Å². The van der Waals surface area contributed by atoms with Gasteiger partial charge in [-0.1, -0.05) is 44.7 Å². The summed E-state index contributed by atoms with van der Waals surface area (Å²) in [6, 6.07) is 5.82. The predicted molar refractivity (Wildman–Crippen MR) is 79.8 cm³/mol. The van der Waals surface area contributed by atoms with Crippen LogP contribution < -0.4 is 10.1 Å². The molecule has 1 atom stereocenters. The van der Waals surface area contributed by atoms with Gasteiger partial charge < -0.3 is 10.1 Å². The van der Waals surface area contributed by atoms with Crippen LogP contribution in [0.15, 0.2) is 18.2 Å². The minimum absolute atomic E-state index is 0.654. The van der Waals surface area contributed by atoms with Gasteiger partial charge in [0.25, 0.3) is 0 Å². The summed E-state index contributed by atoms with van der Waals surface area (Å²) in [5.74, 6) is 1.47. The summed E-state index contributed by atoms with van der Waals surface area (Å²) >= 11 is 6.00. The molecule has 0 aliphatic rings. The highest BCUT2D eigenvalue weighted by Crippen LogP contribution is 2.27. The number of hydrogen-bond donors (Lipinski definition) is 1. The maximum atomic E-state index is 6.00. The highest BCUT2D eigenvalue weighted by Gasteiger charge is 2.07. The number of unbranched alkanes of at least 4 members (excludes halogenated alkanes) is 1. The van der Waals surface area contributed by atoms with Crippen molar-refractivity contribution in [3.63, 3.8) is 0 Å². The van der Waals surface area contributed by atoms with Gasteiger partial charge in [0.1, 0.15) is 5.75 Å². The molecular weight excluding hydrogens is 246 g/mol. The molecule has 2 nitrogen and oxygen atoms in total. The van der Waals surface area contributed by atoms with E-state index in [9.17, 15) is 0 Å². The van der Waals surface area contributed by atoms with E-state index in [1.165, 1.54) is 25.7 Å². The second-order valence-electron chi connectivity index (χ2n) is 4.65. The van der Waals surface area contributed by atoms with E-state index in [0.717, 1.165) is 23.9 Å². The van der Waals surface area contributed by atoms with Gasteiger partial charge in [0.15, 0.2) is 0 Å². The molecule has 1 unspecified atom stereocenters. The minimum atomic E-state index is 0.654. The van der Waals surface area contributed by atoms with Crippen LogP contribution in [-0.2, 0) is 0 Å². The van der Waals surface area contributed by atoms with E-state index in [4.69, 9.17) is 16.3 Å². The average molecular weight is 270 g/mol. The third-order valence-corrected chi connectivity index (χ3v) is 3.60. The Morgan fingerprint density at radius 3 is 2.72 bits per heavy atom. The Balaban J connectivity index is 2.51. The molecule has 102 valence electrons. The number of nitrogens with one attached hydrogen (secondary N) is 1. The van der Waals surface area contributed by atoms with Gasteiger partial charge in [-0.2, -0.15) is 0 Å². The van der Waals surface area contributed by atoms with Crippen molar-refractivity contribution in [1.82, 2.24) is 0 Å². The van der Waals surface area contributed by atoms with Crippen molar-refractivity contribution >= 4 is 17.3 Å². The van der Waals surface area contributed by atoms with Crippen LogP contribution in [-0.4, -0.2) is 13.7 Å². The highest BCUT2D eigenvalue weighted by atomic mass is 35.5. The van der Waals surface area contributed by atoms with Crippen LogP contribution >= 0.6 is 11.6 Å². The molecule has 0 aliphatic carbocycles. The fraction of sp³-hybridized carbons (Fsp3) is 0.600. The number of ether oxygens (including phenoxy) is 1. The monoisotopic (exact) mass is 269 g/mol. The standard InChI is InChI=1S/C15H24ClNO/c1-4-6-7-12(5-2)11-17-13-8-9-14(16)15(10-13)18-3/h8-10,12,17H,4-7,11H2,1-3H3. The first-order valence-electron chi connectivity index (χ1n) is 6.78. The van der Waals surface area contributed by atoms with E-state index in [1.807, 2.05) is 18.2 Å². The molecule has 18 heavy (non-hydrogen) atoms. The van der Waals surface area contributed by atoms with E-state index in [2.05, 4.69) is 19.2 Å². The molecule has 0 bridgehead atoms. The second kappa shape index (κ2) is 8.25. The summed E-state index contributed by atoms with van der Waals surface area (Å²) in [7, 11) is 1.64. The molecule has 0 amide bonds. The Bertz CT molecular complexity index is 354. The van der Waals surface area contributed by atoms with Crippen LogP contribution in [0.2, 0.25) is 5.02 Å². The summed E-state index contributed by atoms with van der Waals surface area (Å²) in [5, 5.41) is 4.12. The summed E-state index contributed by atoms with van der Waals surface area (Å²) in [5.41, 5.74) is 1.08. The number of halogens is 1. The molecule has 1 aromatic carbocycles. The molecule has 0 radical (unpaired) electrons. The van der Waals surface area contributed by atoms with Crippen molar-refractivity contribution in [1.29, 1.82) is 0 Å². The maximum absolute atomic E-state index is 6.00. The lowest BCUT2D eigenvalue weighted by molar-refractivity contribution is 0.415. The summed E-state index contributed by atoms with van der Waals surface area (Å²) < 4.78 is 5.21. The largest absolute Gasteiger partial charge is 0.495 e. The van der Waals surface area contributed by atoms with Crippen LogP contribution in [0.3, 0.4) is 0 Å². The molecule has 1 rings (SSSR count). The van der Waals surface area contributed by atoms with Gasteiger partial charge in [0.2, 0.25) is 0 Å². The van der Waals surface area contributed by atoms with Gasteiger partial charge in [-0.05, 0) is 24.5 Å².